The number of hydrogen-bond donors (Lipinski definition) is 6. The molecule has 2 aliphatic heterocycles. The molecular weight excluding hydrogens is 344 g/mol. The Morgan fingerprint density at radius 1 is 1.27 bits per heavy atom. The van der Waals surface area contributed by atoms with Gasteiger partial charge < -0.3 is 46.1 Å². The fourth-order valence-corrected chi connectivity index (χ4v) is 4.19. The Hall–Kier alpha value is -0.850. The monoisotopic (exact) mass is 374 g/mol. The minimum absolute atomic E-state index is 0.183. The summed E-state index contributed by atoms with van der Waals surface area (Å²) in [7, 11) is 3.49. The van der Waals surface area contributed by atoms with Gasteiger partial charge in [-0.3, -0.25) is 4.79 Å². The second kappa shape index (κ2) is 7.64. The lowest BCUT2D eigenvalue weighted by molar-refractivity contribution is -0.442. The Morgan fingerprint density at radius 2 is 2.00 bits per heavy atom. The molecule has 3 aliphatic rings. The lowest BCUT2D eigenvalue weighted by atomic mass is 9.81. The summed E-state index contributed by atoms with van der Waals surface area (Å²) in [4.78, 5) is 11.8. The van der Waals surface area contributed by atoms with Gasteiger partial charge in [-0.05, 0) is 33.9 Å². The maximum absolute atomic E-state index is 11.8. The van der Waals surface area contributed by atoms with Gasteiger partial charge in [0, 0.05) is 6.04 Å². The van der Waals surface area contributed by atoms with Gasteiger partial charge in [0.05, 0.1) is 36.9 Å². The molecule has 9 atom stereocenters. The molecule has 0 radical (unpaired) electrons. The molecule has 0 bridgehead atoms. The highest BCUT2D eigenvalue weighted by Gasteiger charge is 2.61. The van der Waals surface area contributed by atoms with Crippen molar-refractivity contribution in [3.05, 3.63) is 0 Å². The zero-order valence-corrected chi connectivity index (χ0v) is 15.3. The zero-order chi connectivity index (χ0) is 19.1. The summed E-state index contributed by atoms with van der Waals surface area (Å²) < 4.78 is 17.9. The first-order chi connectivity index (χ1) is 12.3. The average molecular weight is 374 g/mol. The van der Waals surface area contributed by atoms with E-state index in [0.717, 1.165) is 0 Å². The van der Waals surface area contributed by atoms with Gasteiger partial charge in [-0.2, -0.15) is 0 Å². The van der Waals surface area contributed by atoms with E-state index in [4.69, 9.17) is 19.9 Å². The predicted molar refractivity (Wildman–Crippen MR) is 91.0 cm³/mol. The molecule has 10 heteroatoms. The first kappa shape index (κ1) is 19.9. The van der Waals surface area contributed by atoms with E-state index in [1.165, 1.54) is 0 Å². The van der Waals surface area contributed by atoms with Gasteiger partial charge in [-0.25, -0.2) is 0 Å². The van der Waals surface area contributed by atoms with Crippen molar-refractivity contribution in [3.8, 4) is 0 Å². The number of carbonyl (C=O) groups excluding carboxylic acids is 1. The summed E-state index contributed by atoms with van der Waals surface area (Å²) in [5.74, 6) is -2.26. The lowest BCUT2D eigenvalue weighted by Gasteiger charge is -2.56. The van der Waals surface area contributed by atoms with Gasteiger partial charge in [0.2, 0.25) is 18.0 Å². The Bertz CT molecular complexity index is 525. The molecular formula is C16H30N4O6. The van der Waals surface area contributed by atoms with Crippen LogP contribution in [0, 0.1) is 0 Å². The summed E-state index contributed by atoms with van der Waals surface area (Å²) in [6.45, 7) is 1.65. The van der Waals surface area contributed by atoms with Crippen LogP contribution >= 0.6 is 0 Å². The molecule has 150 valence electrons. The van der Waals surface area contributed by atoms with E-state index in [9.17, 15) is 15.0 Å². The number of nitrogens with two attached hydrogens (primary N) is 1. The molecule has 2 heterocycles. The minimum Gasteiger partial charge on any atom is -0.390 e. The minimum atomic E-state index is -1.86. The van der Waals surface area contributed by atoms with E-state index >= 15 is 0 Å². The number of rotatable bonds is 4. The molecule has 3 fully saturated rings. The highest BCUT2D eigenvalue weighted by atomic mass is 16.8. The molecule has 7 N–H and O–H groups in total. The first-order valence-electron chi connectivity index (χ1n) is 9.07. The summed E-state index contributed by atoms with van der Waals surface area (Å²) in [6, 6.07) is -1.37. The Kier molecular flexibility index (Phi) is 5.85. The van der Waals surface area contributed by atoms with Gasteiger partial charge in [0.15, 0.2) is 0 Å². The van der Waals surface area contributed by atoms with Crippen LogP contribution in [0.5, 0.6) is 0 Å². The Labute approximate surface area is 152 Å². The van der Waals surface area contributed by atoms with Crippen LogP contribution in [0.3, 0.4) is 0 Å². The molecule has 0 spiro atoms. The van der Waals surface area contributed by atoms with Gasteiger partial charge in [-0.1, -0.05) is 0 Å². The molecule has 0 aromatic carbocycles. The normalized spacial score (nSPS) is 48.4. The quantitative estimate of drug-likeness (QED) is 0.302. The molecule has 3 rings (SSSR count). The Balaban J connectivity index is 1.86. The first-order valence-corrected chi connectivity index (χ1v) is 9.07. The molecule has 26 heavy (non-hydrogen) atoms. The molecule has 1 amide bonds. The number of aliphatic hydroxyl groups excluding tert-OH is 1. The third-order valence-corrected chi connectivity index (χ3v) is 5.60. The lowest BCUT2D eigenvalue weighted by Crippen LogP contribution is -2.76. The van der Waals surface area contributed by atoms with Crippen molar-refractivity contribution < 1.29 is 29.2 Å². The number of fused-ring (bicyclic) bond motifs is 2. The van der Waals surface area contributed by atoms with E-state index in [2.05, 4.69) is 16.0 Å². The fourth-order valence-electron chi connectivity index (χ4n) is 4.19. The van der Waals surface area contributed by atoms with Gasteiger partial charge in [-0.15, -0.1) is 0 Å². The van der Waals surface area contributed by atoms with E-state index in [1.54, 1.807) is 14.1 Å². The molecule has 0 aromatic heterocycles. The summed E-state index contributed by atoms with van der Waals surface area (Å²) in [5.41, 5.74) is 5.39. The molecule has 1 saturated carbocycles. The predicted octanol–water partition coefficient (Wildman–Crippen LogP) is -3.02. The van der Waals surface area contributed by atoms with Gasteiger partial charge in [0.1, 0.15) is 6.10 Å². The maximum atomic E-state index is 11.8. The van der Waals surface area contributed by atoms with Crippen molar-refractivity contribution in [1.82, 2.24) is 16.0 Å². The van der Waals surface area contributed by atoms with Crippen LogP contribution < -0.4 is 21.7 Å². The van der Waals surface area contributed by atoms with Crippen molar-refractivity contribution in [2.24, 2.45) is 5.73 Å². The number of hydrogen-bond acceptors (Lipinski definition) is 9. The number of carbonyl (C=O) groups is 1. The van der Waals surface area contributed by atoms with E-state index < -0.39 is 42.3 Å². The van der Waals surface area contributed by atoms with Crippen LogP contribution in [-0.2, 0) is 19.0 Å². The van der Waals surface area contributed by atoms with Crippen LogP contribution in [0.15, 0.2) is 0 Å². The molecule has 1 aliphatic carbocycles. The standard InChI is InChI=1S/C16H30N4O6/c1-7-4-10(20-11(21)6-17)16(23)15(24-7)25-9-5-8(18-2)13(22)12(19-3)14(9)26-16/h7-10,12-15,18-19,22-23H,4-6,17H2,1-3H3,(H,20,21)/t7-,8+,9?,10-,12+,13+,14?,15?,16+/m1/s1. The zero-order valence-electron chi connectivity index (χ0n) is 15.3. The number of likely N-dealkylation sites (N-methyl/N-ethyl adjacent to an activating group) is 2. The maximum Gasteiger partial charge on any atom is 0.239 e. The second-order valence-electron chi connectivity index (χ2n) is 7.28. The molecule has 2 saturated heterocycles. The summed E-state index contributed by atoms with van der Waals surface area (Å²) in [6.07, 6.45) is -2.13. The number of ether oxygens (including phenoxy) is 3. The number of aliphatic hydroxyl groups is 2. The summed E-state index contributed by atoms with van der Waals surface area (Å²) >= 11 is 0. The van der Waals surface area contributed by atoms with Crippen molar-refractivity contribution in [3.63, 3.8) is 0 Å². The van der Waals surface area contributed by atoms with Crippen LogP contribution in [0.4, 0.5) is 0 Å². The topological polar surface area (TPSA) is 147 Å². The average Bonchev–Trinajstić information content (AvgIpc) is 2.61. The van der Waals surface area contributed by atoms with E-state index in [0.29, 0.717) is 12.8 Å². The molecule has 0 aromatic rings. The fraction of sp³-hybridized carbons (Fsp3) is 0.938. The van der Waals surface area contributed by atoms with Crippen LogP contribution in [-0.4, -0.2) is 91.4 Å². The van der Waals surface area contributed by atoms with E-state index in [-0.39, 0.29) is 24.8 Å². The second-order valence-corrected chi connectivity index (χ2v) is 7.28. The highest BCUT2D eigenvalue weighted by molar-refractivity contribution is 5.78. The van der Waals surface area contributed by atoms with Crippen LogP contribution in [0.2, 0.25) is 0 Å². The SMILES string of the molecule is CN[C@H]1CC2OC3O[C@H](C)C[C@@H](NC(=O)CN)[C@]3(O)OC2[C@@H](NC)[C@H]1O. The van der Waals surface area contributed by atoms with Crippen LogP contribution in [0.25, 0.3) is 0 Å². The smallest absolute Gasteiger partial charge is 0.239 e. The van der Waals surface area contributed by atoms with Crippen molar-refractivity contribution in [1.29, 1.82) is 0 Å². The van der Waals surface area contributed by atoms with E-state index in [1.807, 2.05) is 6.92 Å². The third-order valence-electron chi connectivity index (χ3n) is 5.60. The van der Waals surface area contributed by atoms with Crippen molar-refractivity contribution in [2.45, 2.75) is 74.4 Å². The molecule has 10 nitrogen and oxygen atoms in total. The largest absolute Gasteiger partial charge is 0.390 e. The van der Waals surface area contributed by atoms with Crippen LogP contribution in [0.1, 0.15) is 19.8 Å². The summed E-state index contributed by atoms with van der Waals surface area (Å²) in [5, 5.41) is 30.6. The number of nitrogens with one attached hydrogen (secondary N) is 3. The van der Waals surface area contributed by atoms with Crippen molar-refractivity contribution >= 4 is 5.91 Å². The Morgan fingerprint density at radius 3 is 2.62 bits per heavy atom. The third kappa shape index (κ3) is 3.36. The van der Waals surface area contributed by atoms with Gasteiger partial charge >= 0.3 is 0 Å². The number of amides is 1. The highest BCUT2D eigenvalue weighted by Crippen LogP contribution is 2.41. The van der Waals surface area contributed by atoms with Crippen molar-refractivity contribution in [2.75, 3.05) is 20.6 Å². The van der Waals surface area contributed by atoms with Gasteiger partial charge in [0.25, 0.3) is 0 Å². The molecule has 3 unspecified atom stereocenters.